The van der Waals surface area contributed by atoms with Crippen LogP contribution in [-0.2, 0) is 5.41 Å². The van der Waals surface area contributed by atoms with E-state index in [1.165, 1.54) is 33.4 Å². The van der Waals surface area contributed by atoms with Crippen molar-refractivity contribution in [3.8, 4) is 33.6 Å². The number of fused-ring (bicyclic) bond motifs is 5. The number of aromatic nitrogens is 4. The molecule has 1 spiro atoms. The third-order valence-electron chi connectivity index (χ3n) is 12.1. The Kier molecular flexibility index (Phi) is 6.22. The summed E-state index contributed by atoms with van der Waals surface area (Å²) < 4.78 is 0. The van der Waals surface area contributed by atoms with Crippen LogP contribution in [-0.4, -0.2) is 19.9 Å². The predicted octanol–water partition coefficient (Wildman–Crippen LogP) is 12.0. The van der Waals surface area contributed by atoms with Crippen molar-refractivity contribution in [1.82, 2.24) is 19.9 Å². The minimum atomic E-state index is -0.515. The molecule has 55 heavy (non-hydrogen) atoms. The number of nitrogens with zero attached hydrogens (tertiary/aromatic N) is 4. The molecule has 0 amide bonds. The Bertz CT molecular complexity index is 3000. The zero-order valence-corrected chi connectivity index (χ0v) is 30.0. The molecule has 1 aliphatic carbocycles. The van der Waals surface area contributed by atoms with Crippen molar-refractivity contribution >= 4 is 43.6 Å². The summed E-state index contributed by atoms with van der Waals surface area (Å²) in [5.74, 6) is -0.0400. The van der Waals surface area contributed by atoms with Crippen molar-refractivity contribution in [3.05, 3.63) is 203 Å². The lowest BCUT2D eigenvalue weighted by molar-refractivity contribution is 0.768. The van der Waals surface area contributed by atoms with Crippen LogP contribution < -0.4 is 0 Å². The molecule has 4 heteroatoms. The van der Waals surface area contributed by atoms with Crippen LogP contribution in [0.25, 0.3) is 77.3 Å². The summed E-state index contributed by atoms with van der Waals surface area (Å²) >= 11 is 0. The van der Waals surface area contributed by atoms with Crippen LogP contribution in [0.4, 0.5) is 0 Å². The summed E-state index contributed by atoms with van der Waals surface area (Å²) in [6, 6.07) is 61.7. The van der Waals surface area contributed by atoms with Gasteiger partial charge in [0.25, 0.3) is 0 Å². The van der Waals surface area contributed by atoms with Crippen molar-refractivity contribution < 1.29 is 0 Å². The van der Waals surface area contributed by atoms with Crippen LogP contribution in [0, 0.1) is 0 Å². The monoisotopic (exact) mass is 700 g/mol. The van der Waals surface area contributed by atoms with Crippen molar-refractivity contribution in [3.63, 3.8) is 0 Å². The molecule has 0 saturated carbocycles. The number of benzene rings is 6. The van der Waals surface area contributed by atoms with E-state index in [2.05, 4.69) is 177 Å². The fraction of sp³-hybridized carbons (Fsp3) is 0.0588. The van der Waals surface area contributed by atoms with Crippen LogP contribution in [0.15, 0.2) is 170 Å². The maximum atomic E-state index is 5.32. The van der Waals surface area contributed by atoms with E-state index in [-0.39, 0.29) is 5.92 Å². The fourth-order valence-corrected chi connectivity index (χ4v) is 9.33. The largest absolute Gasteiger partial charge is 0.250 e. The average molecular weight is 701 g/mol. The molecule has 4 aromatic heterocycles. The van der Waals surface area contributed by atoms with Gasteiger partial charge in [-0.05, 0) is 57.6 Å². The van der Waals surface area contributed by atoms with Gasteiger partial charge in [-0.3, -0.25) is 0 Å². The molecule has 10 aromatic rings. The van der Waals surface area contributed by atoms with Gasteiger partial charge in [0.15, 0.2) is 0 Å². The smallest absolute Gasteiger partial charge is 0.0972 e. The molecule has 0 N–H and O–H groups in total. The van der Waals surface area contributed by atoms with Gasteiger partial charge in [-0.25, -0.2) is 19.9 Å². The maximum Gasteiger partial charge on any atom is 0.0972 e. The lowest BCUT2D eigenvalue weighted by Gasteiger charge is -2.34. The average Bonchev–Trinajstić information content (AvgIpc) is 3.56. The SMILES string of the molecule is CC1c2ccc3ccc4ccc(nc4c3n2)-c2ccc(cc2)C2(c3ccc(cc3)-c3ccc4ccc5ccc1nc5c4n3)c1ccccc1-c1ccccc12. The molecule has 12 bridgehead atoms. The van der Waals surface area contributed by atoms with Crippen LogP contribution in [0.1, 0.15) is 46.5 Å². The molecule has 7 heterocycles. The van der Waals surface area contributed by atoms with Gasteiger partial charge in [-0.15, -0.1) is 0 Å². The van der Waals surface area contributed by atoms with Gasteiger partial charge in [0.05, 0.1) is 38.9 Å². The molecule has 0 saturated heterocycles. The molecule has 6 aromatic carbocycles. The van der Waals surface area contributed by atoms with Crippen LogP contribution in [0.5, 0.6) is 0 Å². The molecule has 0 unspecified atom stereocenters. The number of pyridine rings is 4. The zero-order chi connectivity index (χ0) is 36.3. The summed E-state index contributed by atoms with van der Waals surface area (Å²) in [7, 11) is 0. The second-order valence-corrected chi connectivity index (χ2v) is 15.0. The van der Waals surface area contributed by atoms with Gasteiger partial charge in [0, 0.05) is 50.0 Å². The van der Waals surface area contributed by atoms with Crippen molar-refractivity contribution in [2.45, 2.75) is 18.3 Å². The topological polar surface area (TPSA) is 51.6 Å². The van der Waals surface area contributed by atoms with Gasteiger partial charge >= 0.3 is 0 Å². The number of rotatable bonds is 0. The first-order valence-corrected chi connectivity index (χ1v) is 19.0. The first-order valence-electron chi connectivity index (χ1n) is 19.0. The van der Waals surface area contributed by atoms with Gasteiger partial charge in [0.1, 0.15) is 0 Å². The van der Waals surface area contributed by atoms with E-state index in [1.54, 1.807) is 0 Å². The Morgan fingerprint density at radius 3 is 1.16 bits per heavy atom. The third-order valence-corrected chi connectivity index (χ3v) is 12.1. The molecule has 0 radical (unpaired) electrons. The molecule has 14 rings (SSSR count). The van der Waals surface area contributed by atoms with Gasteiger partial charge in [0.2, 0.25) is 0 Å². The van der Waals surface area contributed by atoms with Gasteiger partial charge in [-0.1, -0.05) is 153 Å². The number of hydrogen-bond acceptors (Lipinski definition) is 4. The first kappa shape index (κ1) is 30.4. The Labute approximate surface area is 317 Å². The predicted molar refractivity (Wildman–Crippen MR) is 223 cm³/mol. The standard InChI is InChI=1S/C51H32N4/c1-30-43-26-18-33-10-12-35-20-28-45(54-49(35)47(33)52-43)31-14-22-37(23-15-31)51(41-8-4-2-6-39(41)40-7-3-5-9-42(40)51)38-24-16-32(17-25-38)46-29-21-36-13-11-34-19-27-44(30)53-48(34)50(36)55-46/h2-30H,1H3. The highest BCUT2D eigenvalue weighted by Crippen LogP contribution is 2.56. The molecule has 4 aliphatic rings. The second-order valence-electron chi connectivity index (χ2n) is 15.0. The highest BCUT2D eigenvalue weighted by atomic mass is 14.8. The van der Waals surface area contributed by atoms with Crippen molar-refractivity contribution in [1.29, 1.82) is 0 Å². The summed E-state index contributed by atoms with van der Waals surface area (Å²) in [6.07, 6.45) is 0. The van der Waals surface area contributed by atoms with E-state index in [0.717, 1.165) is 77.5 Å². The minimum Gasteiger partial charge on any atom is -0.250 e. The van der Waals surface area contributed by atoms with Crippen molar-refractivity contribution in [2.75, 3.05) is 0 Å². The third kappa shape index (κ3) is 4.28. The summed E-state index contributed by atoms with van der Waals surface area (Å²) in [5, 5.41) is 4.27. The van der Waals surface area contributed by atoms with E-state index in [1.807, 2.05) is 0 Å². The van der Waals surface area contributed by atoms with Crippen LogP contribution in [0.3, 0.4) is 0 Å². The van der Waals surface area contributed by atoms with Crippen LogP contribution >= 0.6 is 0 Å². The molecule has 256 valence electrons. The normalized spacial score (nSPS) is 14.0. The molecule has 4 nitrogen and oxygen atoms in total. The maximum absolute atomic E-state index is 5.32. The lowest BCUT2D eigenvalue weighted by Crippen LogP contribution is -2.28. The minimum absolute atomic E-state index is 0.0400. The van der Waals surface area contributed by atoms with E-state index < -0.39 is 5.41 Å². The molecule has 3 aliphatic heterocycles. The fourth-order valence-electron chi connectivity index (χ4n) is 9.33. The summed E-state index contributed by atoms with van der Waals surface area (Å²) in [4.78, 5) is 21.2. The van der Waals surface area contributed by atoms with Crippen LogP contribution in [0.2, 0.25) is 0 Å². The van der Waals surface area contributed by atoms with E-state index in [4.69, 9.17) is 19.9 Å². The van der Waals surface area contributed by atoms with E-state index in [0.29, 0.717) is 0 Å². The Hall–Kier alpha value is -7.04. The Morgan fingerprint density at radius 2 is 0.727 bits per heavy atom. The zero-order valence-electron chi connectivity index (χ0n) is 30.0. The first-order chi connectivity index (χ1) is 27.1. The second kappa shape index (κ2) is 11.2. The van der Waals surface area contributed by atoms with E-state index in [9.17, 15) is 0 Å². The van der Waals surface area contributed by atoms with Gasteiger partial charge < -0.3 is 0 Å². The molecular weight excluding hydrogens is 669 g/mol. The summed E-state index contributed by atoms with van der Waals surface area (Å²) in [5.41, 5.74) is 16.5. The Morgan fingerprint density at radius 1 is 0.364 bits per heavy atom. The lowest BCUT2D eigenvalue weighted by atomic mass is 9.67. The quantitative estimate of drug-likeness (QED) is 0.148. The van der Waals surface area contributed by atoms with E-state index >= 15 is 0 Å². The molecule has 0 fully saturated rings. The van der Waals surface area contributed by atoms with Gasteiger partial charge in [-0.2, -0.15) is 0 Å². The Balaban J connectivity index is 1.17. The number of hydrogen-bond donors (Lipinski definition) is 0. The highest BCUT2D eigenvalue weighted by molar-refractivity contribution is 6.04. The molecular formula is C51H32N4. The van der Waals surface area contributed by atoms with Crippen molar-refractivity contribution in [2.24, 2.45) is 0 Å². The molecule has 0 atom stereocenters. The summed E-state index contributed by atoms with van der Waals surface area (Å²) in [6.45, 7) is 2.19. The highest BCUT2D eigenvalue weighted by Gasteiger charge is 2.45.